The Morgan fingerprint density at radius 3 is 2.20 bits per heavy atom. The fraction of sp³-hybridized carbons (Fsp3) is 0.538. The second-order valence-electron chi connectivity index (χ2n) is 4.67. The average molecular weight is 206 g/mol. The average Bonchev–Trinajstić information content (AvgIpc) is 2.20. The third kappa shape index (κ3) is 2.21. The molecule has 1 rings (SSSR count). The van der Waals surface area contributed by atoms with Crippen molar-refractivity contribution < 1.29 is 0 Å². The van der Waals surface area contributed by atoms with Crippen LogP contribution in [0.25, 0.3) is 0 Å². The van der Waals surface area contributed by atoms with Crippen LogP contribution in [0.2, 0.25) is 0 Å². The molecule has 1 aromatic carbocycles. The Morgan fingerprint density at radius 1 is 1.20 bits per heavy atom. The Balaban J connectivity index is 3.19. The molecule has 15 heavy (non-hydrogen) atoms. The van der Waals surface area contributed by atoms with Crippen molar-refractivity contribution in [1.82, 2.24) is 4.90 Å². The Morgan fingerprint density at radius 2 is 1.80 bits per heavy atom. The van der Waals surface area contributed by atoms with E-state index in [2.05, 4.69) is 58.0 Å². The minimum absolute atomic E-state index is 0.0710. The summed E-state index contributed by atoms with van der Waals surface area (Å²) in [6.45, 7) is 7.08. The van der Waals surface area contributed by atoms with Crippen molar-refractivity contribution in [2.75, 3.05) is 20.6 Å². The van der Waals surface area contributed by atoms with Gasteiger partial charge >= 0.3 is 0 Å². The SMILES string of the molecule is Cc1ccc(C(C)(CN)N(C)C)cc1C. The van der Waals surface area contributed by atoms with E-state index in [1.165, 1.54) is 16.7 Å². The van der Waals surface area contributed by atoms with Crippen molar-refractivity contribution in [2.45, 2.75) is 26.3 Å². The molecule has 0 fully saturated rings. The molecule has 2 nitrogen and oxygen atoms in total. The molecule has 0 amide bonds. The maximum atomic E-state index is 5.89. The Kier molecular flexibility index (Phi) is 3.53. The summed E-state index contributed by atoms with van der Waals surface area (Å²) in [5.74, 6) is 0. The first-order chi connectivity index (χ1) is 6.91. The molecule has 1 atom stereocenters. The fourth-order valence-corrected chi connectivity index (χ4v) is 1.64. The van der Waals surface area contributed by atoms with Gasteiger partial charge in [0.05, 0.1) is 5.54 Å². The van der Waals surface area contributed by atoms with Crippen LogP contribution in [0.4, 0.5) is 0 Å². The van der Waals surface area contributed by atoms with Gasteiger partial charge in [0, 0.05) is 6.54 Å². The van der Waals surface area contributed by atoms with Crippen LogP contribution in [0.1, 0.15) is 23.6 Å². The molecule has 1 unspecified atom stereocenters. The van der Waals surface area contributed by atoms with E-state index < -0.39 is 0 Å². The molecule has 0 aliphatic carbocycles. The van der Waals surface area contributed by atoms with Crippen LogP contribution in [-0.4, -0.2) is 25.5 Å². The molecule has 0 bridgehead atoms. The number of aryl methyl sites for hydroxylation is 2. The first-order valence-electron chi connectivity index (χ1n) is 5.37. The molecule has 1 aromatic rings. The van der Waals surface area contributed by atoms with Gasteiger partial charge in [-0.15, -0.1) is 0 Å². The molecule has 0 aliphatic heterocycles. The molecule has 2 N–H and O–H groups in total. The van der Waals surface area contributed by atoms with Crippen LogP contribution in [0, 0.1) is 13.8 Å². The van der Waals surface area contributed by atoms with E-state index in [4.69, 9.17) is 5.73 Å². The van der Waals surface area contributed by atoms with Gasteiger partial charge in [-0.3, -0.25) is 4.90 Å². The van der Waals surface area contributed by atoms with Crippen LogP contribution < -0.4 is 5.73 Å². The predicted molar refractivity (Wildman–Crippen MR) is 66.0 cm³/mol. The lowest BCUT2D eigenvalue weighted by atomic mass is 9.89. The number of rotatable bonds is 3. The molecule has 2 heteroatoms. The molecular weight excluding hydrogens is 184 g/mol. The predicted octanol–water partition coefficient (Wildman–Crippen LogP) is 2.04. The van der Waals surface area contributed by atoms with Crippen molar-refractivity contribution >= 4 is 0 Å². The van der Waals surface area contributed by atoms with E-state index in [9.17, 15) is 0 Å². The third-order valence-corrected chi connectivity index (χ3v) is 3.51. The minimum atomic E-state index is -0.0710. The lowest BCUT2D eigenvalue weighted by Crippen LogP contribution is -2.44. The standard InChI is InChI=1S/C13H22N2/c1-10-6-7-12(8-11(10)2)13(3,9-14)15(4)5/h6-8H,9,14H2,1-5H3. The van der Waals surface area contributed by atoms with E-state index in [1.807, 2.05) is 0 Å². The minimum Gasteiger partial charge on any atom is -0.328 e. The fourth-order valence-electron chi connectivity index (χ4n) is 1.64. The van der Waals surface area contributed by atoms with Crippen molar-refractivity contribution in [1.29, 1.82) is 0 Å². The zero-order valence-corrected chi connectivity index (χ0v) is 10.5. The number of nitrogens with two attached hydrogens (primary N) is 1. The summed E-state index contributed by atoms with van der Waals surface area (Å²) in [4.78, 5) is 2.18. The van der Waals surface area contributed by atoms with Crippen LogP contribution in [0.15, 0.2) is 18.2 Å². The van der Waals surface area contributed by atoms with Gasteiger partial charge in [0.2, 0.25) is 0 Å². The second-order valence-corrected chi connectivity index (χ2v) is 4.67. The van der Waals surface area contributed by atoms with Crippen molar-refractivity contribution in [2.24, 2.45) is 5.73 Å². The summed E-state index contributed by atoms with van der Waals surface area (Å²) in [5.41, 5.74) is 9.76. The molecule has 0 aliphatic rings. The number of likely N-dealkylation sites (N-methyl/N-ethyl adjacent to an activating group) is 1. The van der Waals surface area contributed by atoms with E-state index in [0.29, 0.717) is 6.54 Å². The molecule has 0 spiro atoms. The summed E-state index contributed by atoms with van der Waals surface area (Å²) < 4.78 is 0. The van der Waals surface area contributed by atoms with Crippen molar-refractivity contribution in [3.63, 3.8) is 0 Å². The van der Waals surface area contributed by atoms with Gasteiger partial charge in [-0.25, -0.2) is 0 Å². The highest BCUT2D eigenvalue weighted by Crippen LogP contribution is 2.26. The highest BCUT2D eigenvalue weighted by atomic mass is 15.1. The maximum absolute atomic E-state index is 5.89. The topological polar surface area (TPSA) is 29.3 Å². The van der Waals surface area contributed by atoms with Gasteiger partial charge < -0.3 is 5.73 Å². The van der Waals surface area contributed by atoms with Gasteiger partial charge in [-0.1, -0.05) is 18.2 Å². The molecular formula is C13H22N2. The highest BCUT2D eigenvalue weighted by molar-refractivity contribution is 5.34. The zero-order valence-electron chi connectivity index (χ0n) is 10.5. The van der Waals surface area contributed by atoms with Gasteiger partial charge in [0.25, 0.3) is 0 Å². The third-order valence-electron chi connectivity index (χ3n) is 3.51. The van der Waals surface area contributed by atoms with Crippen LogP contribution in [-0.2, 0) is 5.54 Å². The normalized spacial score (nSPS) is 15.4. The number of hydrogen-bond donors (Lipinski definition) is 1. The maximum Gasteiger partial charge on any atom is 0.0550 e. The summed E-state index contributed by atoms with van der Waals surface area (Å²) in [7, 11) is 4.14. The first kappa shape index (κ1) is 12.2. The Bertz CT molecular complexity index is 344. The van der Waals surface area contributed by atoms with Crippen LogP contribution >= 0.6 is 0 Å². The van der Waals surface area contributed by atoms with E-state index in [-0.39, 0.29) is 5.54 Å². The Hall–Kier alpha value is -0.860. The summed E-state index contributed by atoms with van der Waals surface area (Å²) in [5, 5.41) is 0. The number of benzene rings is 1. The number of nitrogens with zero attached hydrogens (tertiary/aromatic N) is 1. The highest BCUT2D eigenvalue weighted by Gasteiger charge is 2.27. The van der Waals surface area contributed by atoms with E-state index in [0.717, 1.165) is 0 Å². The molecule has 0 aromatic heterocycles. The molecule has 0 heterocycles. The number of hydrogen-bond acceptors (Lipinski definition) is 2. The van der Waals surface area contributed by atoms with Gasteiger partial charge in [0.1, 0.15) is 0 Å². The quantitative estimate of drug-likeness (QED) is 0.820. The zero-order chi connectivity index (χ0) is 11.6. The lowest BCUT2D eigenvalue weighted by Gasteiger charge is -2.36. The van der Waals surface area contributed by atoms with Gasteiger partial charge in [0.15, 0.2) is 0 Å². The summed E-state index contributed by atoms with van der Waals surface area (Å²) in [6.07, 6.45) is 0. The smallest absolute Gasteiger partial charge is 0.0550 e. The molecule has 0 saturated heterocycles. The van der Waals surface area contributed by atoms with Crippen molar-refractivity contribution in [3.8, 4) is 0 Å². The largest absolute Gasteiger partial charge is 0.328 e. The van der Waals surface area contributed by atoms with E-state index in [1.54, 1.807) is 0 Å². The molecule has 84 valence electrons. The van der Waals surface area contributed by atoms with E-state index >= 15 is 0 Å². The monoisotopic (exact) mass is 206 g/mol. The molecule has 0 radical (unpaired) electrons. The molecule has 0 saturated carbocycles. The first-order valence-corrected chi connectivity index (χ1v) is 5.37. The summed E-state index contributed by atoms with van der Waals surface area (Å²) >= 11 is 0. The second kappa shape index (κ2) is 4.33. The summed E-state index contributed by atoms with van der Waals surface area (Å²) in [6, 6.07) is 6.58. The van der Waals surface area contributed by atoms with Gasteiger partial charge in [-0.2, -0.15) is 0 Å². The van der Waals surface area contributed by atoms with Crippen molar-refractivity contribution in [3.05, 3.63) is 34.9 Å². The lowest BCUT2D eigenvalue weighted by molar-refractivity contribution is 0.183. The van der Waals surface area contributed by atoms with Crippen LogP contribution in [0.3, 0.4) is 0 Å². The van der Waals surface area contributed by atoms with Gasteiger partial charge in [-0.05, 0) is 51.6 Å². The Labute approximate surface area is 93.1 Å². The van der Waals surface area contributed by atoms with Crippen LogP contribution in [0.5, 0.6) is 0 Å².